The number of aromatic nitrogens is 3. The van der Waals surface area contributed by atoms with Crippen molar-refractivity contribution in [3.05, 3.63) is 41.9 Å². The Labute approximate surface area is 112 Å². The minimum Gasteiger partial charge on any atom is -0.504 e. The highest BCUT2D eigenvalue weighted by atomic mass is 16.4. The Morgan fingerprint density at radius 2 is 2.10 bits per heavy atom. The van der Waals surface area contributed by atoms with Crippen LogP contribution in [0.25, 0.3) is 0 Å². The lowest BCUT2D eigenvalue weighted by Gasteiger charge is -2.22. The summed E-state index contributed by atoms with van der Waals surface area (Å²) in [5.74, 6) is -1.35. The quantitative estimate of drug-likeness (QED) is 0.594. The summed E-state index contributed by atoms with van der Waals surface area (Å²) in [5.41, 5.74) is 0.551. The second kappa shape index (κ2) is 4.26. The Balaban J connectivity index is 2.11. The third kappa shape index (κ3) is 1.83. The molecule has 1 aliphatic heterocycles. The van der Waals surface area contributed by atoms with Gasteiger partial charge >= 0.3 is 5.97 Å². The topological polar surface area (TPSA) is 120 Å². The van der Waals surface area contributed by atoms with Crippen molar-refractivity contribution in [2.24, 2.45) is 0 Å². The smallest absolute Gasteiger partial charge is 0.352 e. The van der Waals surface area contributed by atoms with Crippen molar-refractivity contribution >= 4 is 11.9 Å². The maximum absolute atomic E-state index is 11.1. The average molecular weight is 274 g/mol. The summed E-state index contributed by atoms with van der Waals surface area (Å²) in [6.45, 7) is 0. The first-order chi connectivity index (χ1) is 9.56. The van der Waals surface area contributed by atoms with Crippen LogP contribution in [0, 0.1) is 0 Å². The minimum atomic E-state index is -1.12. The van der Waals surface area contributed by atoms with Crippen LogP contribution in [-0.2, 0) is 4.79 Å². The number of carboxylic acids is 1. The molecule has 0 fully saturated rings. The Bertz CT molecular complexity index is 722. The van der Waals surface area contributed by atoms with Gasteiger partial charge in [-0.3, -0.25) is 0 Å². The highest BCUT2D eigenvalue weighted by Crippen LogP contribution is 2.33. The lowest BCUT2D eigenvalue weighted by Crippen LogP contribution is -2.24. The molecule has 0 spiro atoms. The van der Waals surface area contributed by atoms with Gasteiger partial charge in [0.1, 0.15) is 18.1 Å². The predicted molar refractivity (Wildman–Crippen MR) is 67.3 cm³/mol. The van der Waals surface area contributed by atoms with Crippen molar-refractivity contribution in [1.82, 2.24) is 14.8 Å². The van der Waals surface area contributed by atoms with Crippen molar-refractivity contribution in [2.45, 2.75) is 6.04 Å². The first-order valence-electron chi connectivity index (χ1n) is 5.70. The summed E-state index contributed by atoms with van der Waals surface area (Å²) in [6.07, 6.45) is 2.75. The van der Waals surface area contributed by atoms with Gasteiger partial charge in [-0.25, -0.2) is 9.48 Å². The molecule has 8 heteroatoms. The van der Waals surface area contributed by atoms with E-state index in [1.54, 1.807) is 6.07 Å². The molecule has 0 amide bonds. The van der Waals surface area contributed by atoms with Crippen molar-refractivity contribution in [1.29, 1.82) is 0 Å². The molecule has 2 heterocycles. The van der Waals surface area contributed by atoms with Crippen LogP contribution in [0.2, 0.25) is 0 Å². The number of nitrogens with one attached hydrogen (secondary N) is 1. The van der Waals surface area contributed by atoms with E-state index in [-0.39, 0.29) is 17.2 Å². The van der Waals surface area contributed by atoms with Gasteiger partial charge in [-0.05, 0) is 23.8 Å². The van der Waals surface area contributed by atoms with Crippen LogP contribution >= 0.6 is 0 Å². The van der Waals surface area contributed by atoms with Gasteiger partial charge in [-0.15, -0.1) is 0 Å². The first-order valence-corrected chi connectivity index (χ1v) is 5.70. The molecule has 0 unspecified atom stereocenters. The average Bonchev–Trinajstić information content (AvgIpc) is 2.89. The van der Waals surface area contributed by atoms with E-state index in [0.717, 1.165) is 0 Å². The number of rotatable bonds is 2. The molecule has 4 N–H and O–H groups in total. The molecule has 1 aromatic carbocycles. The maximum Gasteiger partial charge on any atom is 0.352 e. The molecule has 0 saturated carbocycles. The van der Waals surface area contributed by atoms with Crippen LogP contribution in [-0.4, -0.2) is 36.1 Å². The minimum absolute atomic E-state index is 0.0249. The standard InChI is InChI=1S/C12H10N4O4/c17-9-2-1-6(3-10(9)18)8-4-7(11(19)20)15-12-13-5-14-16(8)12/h1-5,8,17-18H,(H,19,20)(H,13,14,15)/t8-/m1/s1. The van der Waals surface area contributed by atoms with Gasteiger partial charge in [0, 0.05) is 0 Å². The molecule has 102 valence electrons. The molecular weight excluding hydrogens is 264 g/mol. The van der Waals surface area contributed by atoms with E-state index in [1.165, 1.54) is 29.2 Å². The van der Waals surface area contributed by atoms with Gasteiger partial charge in [-0.2, -0.15) is 10.1 Å². The van der Waals surface area contributed by atoms with Crippen LogP contribution < -0.4 is 5.32 Å². The molecule has 2 aromatic rings. The second-order valence-corrected chi connectivity index (χ2v) is 4.23. The largest absolute Gasteiger partial charge is 0.504 e. The highest BCUT2D eigenvalue weighted by Gasteiger charge is 2.25. The lowest BCUT2D eigenvalue weighted by molar-refractivity contribution is -0.132. The van der Waals surface area contributed by atoms with Gasteiger partial charge in [0.15, 0.2) is 11.5 Å². The van der Waals surface area contributed by atoms with Crippen molar-refractivity contribution in [3.8, 4) is 11.5 Å². The molecule has 1 aromatic heterocycles. The normalized spacial score (nSPS) is 17.0. The van der Waals surface area contributed by atoms with Gasteiger partial charge in [0.25, 0.3) is 0 Å². The number of phenolic OH excluding ortho intramolecular Hbond substituents is 2. The molecule has 0 bridgehead atoms. The van der Waals surface area contributed by atoms with Gasteiger partial charge in [0.2, 0.25) is 5.95 Å². The monoisotopic (exact) mass is 274 g/mol. The Morgan fingerprint density at radius 1 is 1.30 bits per heavy atom. The number of carbonyl (C=O) groups is 1. The molecule has 8 nitrogen and oxygen atoms in total. The van der Waals surface area contributed by atoms with E-state index < -0.39 is 12.0 Å². The number of aromatic hydroxyl groups is 2. The van der Waals surface area contributed by atoms with Crippen LogP contribution in [0.5, 0.6) is 11.5 Å². The summed E-state index contributed by atoms with van der Waals surface area (Å²) >= 11 is 0. The number of aliphatic carboxylic acids is 1. The molecule has 1 aliphatic rings. The SMILES string of the molecule is O=C(O)C1=C[C@H](c2ccc(O)c(O)c2)n2ncnc2N1. The maximum atomic E-state index is 11.1. The third-order valence-corrected chi connectivity index (χ3v) is 2.98. The van der Waals surface area contributed by atoms with E-state index >= 15 is 0 Å². The highest BCUT2D eigenvalue weighted by molar-refractivity contribution is 5.90. The number of phenols is 2. The van der Waals surface area contributed by atoms with E-state index in [0.29, 0.717) is 11.5 Å². The molecule has 20 heavy (non-hydrogen) atoms. The number of benzene rings is 1. The molecule has 0 radical (unpaired) electrons. The zero-order chi connectivity index (χ0) is 14.3. The van der Waals surface area contributed by atoms with Gasteiger partial charge in [0.05, 0.1) is 0 Å². The molecule has 0 saturated heterocycles. The Hall–Kier alpha value is -3.03. The second-order valence-electron chi connectivity index (χ2n) is 4.23. The van der Waals surface area contributed by atoms with Crippen LogP contribution in [0.15, 0.2) is 36.3 Å². The van der Waals surface area contributed by atoms with Gasteiger partial charge in [-0.1, -0.05) is 6.07 Å². The van der Waals surface area contributed by atoms with E-state index in [2.05, 4.69) is 15.4 Å². The first kappa shape index (κ1) is 12.0. The fourth-order valence-corrected chi connectivity index (χ4v) is 2.02. The fourth-order valence-electron chi connectivity index (χ4n) is 2.02. The molecule has 0 aliphatic carbocycles. The van der Waals surface area contributed by atoms with Crippen molar-refractivity contribution < 1.29 is 20.1 Å². The third-order valence-electron chi connectivity index (χ3n) is 2.98. The van der Waals surface area contributed by atoms with Crippen LogP contribution in [0.1, 0.15) is 11.6 Å². The van der Waals surface area contributed by atoms with Crippen molar-refractivity contribution in [3.63, 3.8) is 0 Å². The van der Waals surface area contributed by atoms with Crippen LogP contribution in [0.3, 0.4) is 0 Å². The number of fused-ring (bicyclic) bond motifs is 1. The Kier molecular flexibility index (Phi) is 2.56. The summed E-state index contributed by atoms with van der Waals surface area (Å²) in [7, 11) is 0. The summed E-state index contributed by atoms with van der Waals surface area (Å²) in [4.78, 5) is 15.0. The van der Waals surface area contributed by atoms with E-state index in [4.69, 9.17) is 5.11 Å². The Morgan fingerprint density at radius 3 is 2.80 bits per heavy atom. The summed E-state index contributed by atoms with van der Waals surface area (Å²) < 4.78 is 1.48. The van der Waals surface area contributed by atoms with Crippen LogP contribution in [0.4, 0.5) is 5.95 Å². The zero-order valence-corrected chi connectivity index (χ0v) is 10.1. The van der Waals surface area contributed by atoms with Crippen molar-refractivity contribution in [2.75, 3.05) is 5.32 Å². The molecular formula is C12H10N4O4. The number of hydrogen-bond acceptors (Lipinski definition) is 6. The van der Waals surface area contributed by atoms with E-state index in [9.17, 15) is 15.0 Å². The zero-order valence-electron chi connectivity index (χ0n) is 10.1. The summed E-state index contributed by atoms with van der Waals surface area (Å²) in [5, 5.41) is 34.6. The predicted octanol–water partition coefficient (Wildman–Crippen LogP) is 0.673. The number of allylic oxidation sites excluding steroid dienone is 1. The molecule has 1 atom stereocenters. The summed E-state index contributed by atoms with van der Waals surface area (Å²) in [6, 6.07) is 3.72. The van der Waals surface area contributed by atoms with E-state index in [1.807, 2.05) is 0 Å². The number of anilines is 1. The lowest BCUT2D eigenvalue weighted by atomic mass is 10.0. The number of carboxylic acid groups (broad SMARTS) is 1. The number of nitrogens with zero attached hydrogens (tertiary/aromatic N) is 3. The fraction of sp³-hybridized carbons (Fsp3) is 0.0833. The number of hydrogen-bond donors (Lipinski definition) is 4. The molecule has 3 rings (SSSR count). The van der Waals surface area contributed by atoms with Gasteiger partial charge < -0.3 is 20.6 Å².